The molecule has 1 rings (SSSR count). The number of amides is 1. The lowest BCUT2D eigenvalue weighted by Crippen LogP contribution is -2.30. The van der Waals surface area contributed by atoms with Gasteiger partial charge in [0.05, 0.1) is 6.67 Å². The van der Waals surface area contributed by atoms with Crippen LogP contribution >= 0.6 is 0 Å². The smallest absolute Gasteiger partial charge is 0.224 e. The molecule has 1 aliphatic rings. The van der Waals surface area contributed by atoms with Gasteiger partial charge in [0.2, 0.25) is 5.91 Å². The van der Waals surface area contributed by atoms with Gasteiger partial charge in [-0.15, -0.1) is 0 Å². The van der Waals surface area contributed by atoms with E-state index in [2.05, 4.69) is 5.32 Å². The molecule has 0 spiro atoms. The summed E-state index contributed by atoms with van der Waals surface area (Å²) in [5, 5.41) is 2.55. The molecule has 0 atom stereocenters. The van der Waals surface area contributed by atoms with Gasteiger partial charge in [-0.2, -0.15) is 0 Å². The van der Waals surface area contributed by atoms with Crippen molar-refractivity contribution >= 4 is 5.91 Å². The molecule has 3 N–H and O–H groups in total. The van der Waals surface area contributed by atoms with Crippen molar-refractivity contribution in [3.63, 3.8) is 0 Å². The molecule has 0 bridgehead atoms. The normalized spacial score (nSPS) is 18.1. The first-order valence-corrected chi connectivity index (χ1v) is 2.82. The molecule has 0 aromatic heterocycles. The van der Waals surface area contributed by atoms with E-state index in [-0.39, 0.29) is 12.6 Å². The Bertz CT molecular complexity index is 98.6. The van der Waals surface area contributed by atoms with Crippen molar-refractivity contribution in [2.45, 2.75) is 12.8 Å². The van der Waals surface area contributed by atoms with Crippen LogP contribution in [-0.4, -0.2) is 12.6 Å². The summed E-state index contributed by atoms with van der Waals surface area (Å²) in [4.78, 5) is 10.6. The molecule has 3 heteroatoms. The summed E-state index contributed by atoms with van der Waals surface area (Å²) < 4.78 is 0. The molecule has 0 unspecified atom stereocenters. The lowest BCUT2D eigenvalue weighted by atomic mass is 10.4. The molecule has 0 saturated heterocycles. The minimum absolute atomic E-state index is 0.118. The van der Waals surface area contributed by atoms with Crippen molar-refractivity contribution in [2.75, 3.05) is 6.67 Å². The van der Waals surface area contributed by atoms with Gasteiger partial charge in [-0.05, 0) is 12.8 Å². The quantitative estimate of drug-likeness (QED) is 0.472. The van der Waals surface area contributed by atoms with Crippen molar-refractivity contribution in [3.8, 4) is 0 Å². The first kappa shape index (κ1) is 5.56. The Morgan fingerprint density at radius 3 is 2.75 bits per heavy atom. The number of nitrogens with one attached hydrogen (secondary N) is 1. The second-order valence-electron chi connectivity index (χ2n) is 2.02. The fourth-order valence-electron chi connectivity index (χ4n) is 0.590. The predicted octanol–water partition coefficient (Wildman–Crippen LogP) is -0.571. The molecule has 1 saturated carbocycles. The van der Waals surface area contributed by atoms with E-state index in [0.29, 0.717) is 5.92 Å². The van der Waals surface area contributed by atoms with Gasteiger partial charge in [0.25, 0.3) is 0 Å². The molecule has 0 heterocycles. The molecule has 1 fully saturated rings. The molecule has 3 nitrogen and oxygen atoms in total. The van der Waals surface area contributed by atoms with E-state index >= 15 is 0 Å². The van der Waals surface area contributed by atoms with Crippen LogP contribution in [0.2, 0.25) is 0 Å². The molecular weight excluding hydrogens is 104 g/mol. The van der Waals surface area contributed by atoms with Crippen LogP contribution in [-0.2, 0) is 4.79 Å². The van der Waals surface area contributed by atoms with E-state index in [1.807, 2.05) is 0 Å². The first-order valence-electron chi connectivity index (χ1n) is 2.82. The van der Waals surface area contributed by atoms with Crippen LogP contribution < -0.4 is 11.1 Å². The summed E-state index contributed by atoms with van der Waals surface area (Å²) >= 11 is 0. The maximum absolute atomic E-state index is 10.6. The van der Waals surface area contributed by atoms with Crippen molar-refractivity contribution in [3.05, 3.63) is 0 Å². The van der Waals surface area contributed by atoms with Crippen molar-refractivity contribution in [1.82, 2.24) is 5.32 Å². The van der Waals surface area contributed by atoms with Gasteiger partial charge in [0.1, 0.15) is 0 Å². The summed E-state index contributed by atoms with van der Waals surface area (Å²) in [5.74, 6) is 0.408. The maximum atomic E-state index is 10.6. The van der Waals surface area contributed by atoms with Crippen LogP contribution in [0.1, 0.15) is 12.8 Å². The zero-order valence-corrected chi connectivity index (χ0v) is 4.68. The standard InChI is InChI=1S/C5H10N2O/c6-3-7-5(8)4-1-2-4/h4H,1-3,6H2,(H,7,8). The van der Waals surface area contributed by atoms with Gasteiger partial charge < -0.3 is 11.1 Å². The van der Waals surface area contributed by atoms with Crippen molar-refractivity contribution < 1.29 is 4.79 Å². The van der Waals surface area contributed by atoms with Crippen LogP contribution in [0.25, 0.3) is 0 Å². The number of nitrogens with two attached hydrogens (primary N) is 1. The van der Waals surface area contributed by atoms with Crippen LogP contribution in [0.3, 0.4) is 0 Å². The summed E-state index contributed by atoms with van der Waals surface area (Å²) in [5.41, 5.74) is 5.06. The van der Waals surface area contributed by atoms with Crippen LogP contribution in [0.4, 0.5) is 0 Å². The zero-order valence-electron chi connectivity index (χ0n) is 4.68. The number of carbonyl (C=O) groups excluding carboxylic acids is 1. The molecule has 0 radical (unpaired) electrons. The number of carbonyl (C=O) groups is 1. The van der Waals surface area contributed by atoms with Crippen molar-refractivity contribution in [2.24, 2.45) is 11.7 Å². The third kappa shape index (κ3) is 1.20. The fraction of sp³-hybridized carbons (Fsp3) is 0.800. The van der Waals surface area contributed by atoms with E-state index in [1.165, 1.54) is 0 Å². The third-order valence-corrected chi connectivity index (χ3v) is 1.22. The Balaban J connectivity index is 2.13. The Kier molecular flexibility index (Phi) is 1.48. The summed E-state index contributed by atoms with van der Waals surface area (Å²) in [6.07, 6.45) is 2.09. The van der Waals surface area contributed by atoms with Gasteiger partial charge in [0.15, 0.2) is 0 Å². The highest BCUT2D eigenvalue weighted by atomic mass is 16.2. The molecule has 46 valence electrons. The topological polar surface area (TPSA) is 55.1 Å². The Hall–Kier alpha value is -0.570. The van der Waals surface area contributed by atoms with E-state index in [4.69, 9.17) is 5.73 Å². The first-order chi connectivity index (χ1) is 3.84. The maximum Gasteiger partial charge on any atom is 0.224 e. The minimum Gasteiger partial charge on any atom is -0.344 e. The molecule has 0 aliphatic heterocycles. The van der Waals surface area contributed by atoms with Crippen molar-refractivity contribution in [1.29, 1.82) is 0 Å². The second-order valence-corrected chi connectivity index (χ2v) is 2.02. The largest absolute Gasteiger partial charge is 0.344 e. The molecule has 0 aromatic rings. The van der Waals surface area contributed by atoms with Gasteiger partial charge in [-0.3, -0.25) is 4.79 Å². The van der Waals surface area contributed by atoms with Crippen LogP contribution in [0, 0.1) is 5.92 Å². The zero-order chi connectivity index (χ0) is 5.98. The molecule has 8 heavy (non-hydrogen) atoms. The molecule has 0 aromatic carbocycles. The molecule has 1 amide bonds. The van der Waals surface area contributed by atoms with Gasteiger partial charge in [-0.1, -0.05) is 0 Å². The Morgan fingerprint density at radius 1 is 1.75 bits per heavy atom. The summed E-state index contributed by atoms with van der Waals surface area (Å²) in [6.45, 7) is 0.273. The molecule has 1 aliphatic carbocycles. The summed E-state index contributed by atoms with van der Waals surface area (Å²) in [7, 11) is 0. The predicted molar refractivity (Wildman–Crippen MR) is 29.9 cm³/mol. The number of rotatable bonds is 2. The van der Waals surface area contributed by atoms with Gasteiger partial charge >= 0.3 is 0 Å². The average Bonchev–Trinajstić information content (AvgIpc) is 2.45. The average molecular weight is 114 g/mol. The summed E-state index contributed by atoms with van der Waals surface area (Å²) in [6, 6.07) is 0. The highest BCUT2D eigenvalue weighted by Crippen LogP contribution is 2.28. The van der Waals surface area contributed by atoms with Crippen LogP contribution in [0.5, 0.6) is 0 Å². The van der Waals surface area contributed by atoms with Gasteiger partial charge in [0, 0.05) is 5.92 Å². The van der Waals surface area contributed by atoms with E-state index < -0.39 is 0 Å². The van der Waals surface area contributed by atoms with Crippen LogP contribution in [0.15, 0.2) is 0 Å². The minimum atomic E-state index is 0.118. The van der Waals surface area contributed by atoms with E-state index in [9.17, 15) is 4.79 Å². The highest BCUT2D eigenvalue weighted by Gasteiger charge is 2.28. The lowest BCUT2D eigenvalue weighted by molar-refractivity contribution is -0.122. The molecular formula is C5H10N2O. The Morgan fingerprint density at radius 2 is 2.38 bits per heavy atom. The monoisotopic (exact) mass is 114 g/mol. The number of hydrogen-bond donors (Lipinski definition) is 2. The highest BCUT2D eigenvalue weighted by molar-refractivity contribution is 5.80. The van der Waals surface area contributed by atoms with E-state index in [1.54, 1.807) is 0 Å². The third-order valence-electron chi connectivity index (χ3n) is 1.22. The lowest BCUT2D eigenvalue weighted by Gasteiger charge is -1.95. The SMILES string of the molecule is NCNC(=O)C1CC1. The fourth-order valence-corrected chi connectivity index (χ4v) is 0.590. The number of hydrogen-bond acceptors (Lipinski definition) is 2. The second kappa shape index (κ2) is 2.13. The van der Waals surface area contributed by atoms with Gasteiger partial charge in [-0.25, -0.2) is 0 Å². The Labute approximate surface area is 48.2 Å². The van der Waals surface area contributed by atoms with E-state index in [0.717, 1.165) is 12.8 Å².